The average molecular weight is 421 g/mol. The van der Waals surface area contributed by atoms with E-state index in [2.05, 4.69) is 15.6 Å². The third-order valence-corrected chi connectivity index (χ3v) is 5.07. The largest absolute Gasteiger partial charge is 0.380 e. The number of hydrogen-bond donors (Lipinski definition) is 1. The second-order valence-corrected chi connectivity index (χ2v) is 7.04. The minimum atomic E-state index is 0.142. The molecule has 31 heavy (non-hydrogen) atoms. The molecule has 3 heterocycles. The summed E-state index contributed by atoms with van der Waals surface area (Å²) >= 11 is 0. The molecule has 0 saturated heterocycles. The molecule has 2 aromatic heterocycles. The predicted molar refractivity (Wildman–Crippen MR) is 126 cm³/mol. The lowest BCUT2D eigenvalue weighted by Gasteiger charge is -2.17. The highest BCUT2D eigenvalue weighted by Crippen LogP contribution is 2.29. The van der Waals surface area contributed by atoms with Gasteiger partial charge < -0.3 is 19.8 Å². The number of hydrogen-bond acceptors (Lipinski definition) is 5. The summed E-state index contributed by atoms with van der Waals surface area (Å²) in [7, 11) is 1.70. The molecule has 6 nitrogen and oxygen atoms in total. The zero-order chi connectivity index (χ0) is 22.1. The molecule has 0 radical (unpaired) electrons. The number of para-hydroxylation sites is 1. The zero-order valence-corrected chi connectivity index (χ0v) is 18.6. The van der Waals surface area contributed by atoms with Crippen LogP contribution in [-0.2, 0) is 22.5 Å². The van der Waals surface area contributed by atoms with Gasteiger partial charge in [0.2, 0.25) is 0 Å². The van der Waals surface area contributed by atoms with E-state index in [0.717, 1.165) is 34.2 Å². The van der Waals surface area contributed by atoms with E-state index in [-0.39, 0.29) is 6.04 Å². The van der Waals surface area contributed by atoms with Crippen LogP contribution in [0.2, 0.25) is 0 Å². The molecule has 1 aliphatic heterocycles. The normalized spacial score (nSPS) is 15.3. The topological polar surface area (TPSA) is 75.2 Å². The van der Waals surface area contributed by atoms with Gasteiger partial charge in [0.25, 0.3) is 0 Å². The minimum Gasteiger partial charge on any atom is -0.380 e. The van der Waals surface area contributed by atoms with E-state index in [9.17, 15) is 0 Å². The Balaban J connectivity index is 0.000000209. The fourth-order valence-corrected chi connectivity index (χ4v) is 3.71. The van der Waals surface area contributed by atoms with Crippen LogP contribution in [0.15, 0.2) is 60.8 Å². The van der Waals surface area contributed by atoms with Crippen molar-refractivity contribution < 1.29 is 9.47 Å². The lowest BCUT2D eigenvalue weighted by molar-refractivity contribution is 0.121. The molecule has 1 aliphatic rings. The first-order chi connectivity index (χ1) is 15.3. The van der Waals surface area contributed by atoms with E-state index < -0.39 is 0 Å². The number of nitrogens with zero attached hydrogens (tertiary/aromatic N) is 3. The Morgan fingerprint density at radius 1 is 1.06 bits per heavy atom. The van der Waals surface area contributed by atoms with Crippen LogP contribution in [0.25, 0.3) is 21.9 Å². The van der Waals surface area contributed by atoms with E-state index in [0.29, 0.717) is 26.4 Å². The fraction of sp³-hybridized carbons (Fsp3) is 0.360. The van der Waals surface area contributed by atoms with E-state index in [4.69, 9.17) is 20.2 Å². The first-order valence-electron chi connectivity index (χ1n) is 10.9. The van der Waals surface area contributed by atoms with Crippen LogP contribution in [0.4, 0.5) is 0 Å². The monoisotopic (exact) mass is 420 g/mol. The highest BCUT2D eigenvalue weighted by molar-refractivity contribution is 6.02. The second kappa shape index (κ2) is 11.6. The average Bonchev–Trinajstić information content (AvgIpc) is 3.09. The maximum absolute atomic E-state index is 5.94. The van der Waals surface area contributed by atoms with Crippen LogP contribution in [-0.4, -0.2) is 41.4 Å². The lowest BCUT2D eigenvalue weighted by atomic mass is 10.2. The Labute approximate surface area is 184 Å². The smallest absolute Gasteiger partial charge is 0.112 e. The molecule has 5 rings (SSSR count). The number of aromatic nitrogens is 3. The SMILES string of the molecule is CC.COCc1ccccc1.NCC1COCCc2nc3cnc4ccccc4c3n21. The first kappa shape index (κ1) is 22.9. The van der Waals surface area contributed by atoms with Crippen LogP contribution in [0.1, 0.15) is 31.3 Å². The number of ether oxygens (including phenoxy) is 2. The maximum Gasteiger partial charge on any atom is 0.112 e. The predicted octanol–water partition coefficient (Wildman–Crippen LogP) is 4.52. The van der Waals surface area contributed by atoms with Gasteiger partial charge in [0.05, 0.1) is 43.1 Å². The van der Waals surface area contributed by atoms with Crippen molar-refractivity contribution in [1.82, 2.24) is 14.5 Å². The number of rotatable bonds is 3. The Kier molecular flexibility index (Phi) is 8.53. The van der Waals surface area contributed by atoms with Gasteiger partial charge in [-0.25, -0.2) is 4.98 Å². The van der Waals surface area contributed by atoms with Crippen LogP contribution in [0.5, 0.6) is 0 Å². The summed E-state index contributed by atoms with van der Waals surface area (Å²) in [5.41, 5.74) is 10.2. The molecular formula is C25H32N4O2. The Bertz CT molecular complexity index is 1080. The zero-order valence-electron chi connectivity index (χ0n) is 18.6. The van der Waals surface area contributed by atoms with E-state index >= 15 is 0 Å². The maximum atomic E-state index is 5.94. The Morgan fingerprint density at radius 2 is 1.81 bits per heavy atom. The molecule has 0 amide bonds. The first-order valence-corrected chi connectivity index (χ1v) is 10.9. The number of imidazole rings is 1. The van der Waals surface area contributed by atoms with Crippen LogP contribution >= 0.6 is 0 Å². The van der Waals surface area contributed by atoms with Crippen LogP contribution in [0, 0.1) is 0 Å². The van der Waals surface area contributed by atoms with Crippen molar-refractivity contribution in [3.05, 3.63) is 72.2 Å². The summed E-state index contributed by atoms with van der Waals surface area (Å²) in [6.45, 7) is 6.60. The summed E-state index contributed by atoms with van der Waals surface area (Å²) in [4.78, 5) is 9.22. The molecule has 4 aromatic rings. The van der Waals surface area contributed by atoms with Gasteiger partial charge in [-0.05, 0) is 11.6 Å². The molecule has 0 spiro atoms. The molecule has 2 aromatic carbocycles. The van der Waals surface area contributed by atoms with Gasteiger partial charge in [0.15, 0.2) is 0 Å². The number of benzene rings is 2. The molecule has 6 heteroatoms. The molecule has 0 aliphatic carbocycles. The summed E-state index contributed by atoms with van der Waals surface area (Å²) in [6.07, 6.45) is 2.67. The highest BCUT2D eigenvalue weighted by atomic mass is 16.5. The van der Waals surface area contributed by atoms with Gasteiger partial charge in [-0.3, -0.25) is 4.98 Å². The van der Waals surface area contributed by atoms with Gasteiger partial charge in [-0.2, -0.15) is 0 Å². The quantitative estimate of drug-likeness (QED) is 0.528. The molecule has 1 unspecified atom stereocenters. The Hall–Kier alpha value is -2.80. The van der Waals surface area contributed by atoms with Gasteiger partial charge in [-0.15, -0.1) is 0 Å². The Morgan fingerprint density at radius 3 is 2.55 bits per heavy atom. The van der Waals surface area contributed by atoms with Crippen molar-refractivity contribution in [2.45, 2.75) is 32.9 Å². The molecule has 0 fully saturated rings. The standard InChI is InChI=1S/C15H16N4O.C8H10O.C2H6/c16-7-10-9-20-6-5-14-18-13-8-17-12-4-2-1-3-11(12)15(13)19(10)14;1-9-7-8-5-3-2-4-6-8;1-2/h1-4,8,10H,5-7,9,16H2;2-6H,7H2,1H3;1-2H3. The van der Waals surface area contributed by atoms with Crippen molar-refractivity contribution in [3.63, 3.8) is 0 Å². The molecule has 2 N–H and O–H groups in total. The third kappa shape index (κ3) is 5.28. The summed E-state index contributed by atoms with van der Waals surface area (Å²) in [5, 5.41) is 1.13. The van der Waals surface area contributed by atoms with Crippen molar-refractivity contribution in [1.29, 1.82) is 0 Å². The molecule has 0 saturated carbocycles. The molecule has 164 valence electrons. The van der Waals surface area contributed by atoms with Gasteiger partial charge in [-0.1, -0.05) is 62.4 Å². The minimum absolute atomic E-state index is 0.142. The van der Waals surface area contributed by atoms with Gasteiger partial charge in [0.1, 0.15) is 11.3 Å². The van der Waals surface area contributed by atoms with E-state index in [1.165, 1.54) is 5.56 Å². The number of methoxy groups -OCH3 is 1. The summed E-state index contributed by atoms with van der Waals surface area (Å²) in [5.74, 6) is 1.05. The number of fused-ring (bicyclic) bond motifs is 5. The van der Waals surface area contributed by atoms with E-state index in [1.54, 1.807) is 7.11 Å². The van der Waals surface area contributed by atoms with Crippen LogP contribution in [0.3, 0.4) is 0 Å². The second-order valence-electron chi connectivity index (χ2n) is 7.04. The van der Waals surface area contributed by atoms with Gasteiger partial charge in [0, 0.05) is 25.5 Å². The summed E-state index contributed by atoms with van der Waals surface area (Å²) < 4.78 is 12.8. The molecule has 0 bridgehead atoms. The number of nitrogens with two attached hydrogens (primary N) is 1. The van der Waals surface area contributed by atoms with Crippen molar-refractivity contribution in [3.8, 4) is 0 Å². The van der Waals surface area contributed by atoms with E-state index in [1.807, 2.05) is 68.6 Å². The fourth-order valence-electron chi connectivity index (χ4n) is 3.71. The van der Waals surface area contributed by atoms with Crippen molar-refractivity contribution in [2.75, 3.05) is 26.9 Å². The molecule has 1 atom stereocenters. The highest BCUT2D eigenvalue weighted by Gasteiger charge is 2.22. The molecular weight excluding hydrogens is 388 g/mol. The van der Waals surface area contributed by atoms with Gasteiger partial charge >= 0.3 is 0 Å². The third-order valence-electron chi connectivity index (χ3n) is 5.07. The van der Waals surface area contributed by atoms with Crippen LogP contribution < -0.4 is 5.73 Å². The van der Waals surface area contributed by atoms with Crippen molar-refractivity contribution >= 4 is 21.9 Å². The summed E-state index contributed by atoms with van der Waals surface area (Å²) in [6, 6.07) is 18.4. The van der Waals surface area contributed by atoms with Crippen molar-refractivity contribution in [2.24, 2.45) is 5.73 Å². The number of pyridine rings is 1. The lowest BCUT2D eigenvalue weighted by Crippen LogP contribution is -2.23.